The largest absolute Gasteiger partial charge is 0.478 e. The first-order valence-corrected chi connectivity index (χ1v) is 13.6. The highest BCUT2D eigenvalue weighted by Crippen LogP contribution is 2.38. The molecule has 1 atom stereocenters. The van der Waals surface area contributed by atoms with Crippen LogP contribution in [0, 0.1) is 0 Å². The summed E-state index contributed by atoms with van der Waals surface area (Å²) in [6.07, 6.45) is 2.88. The van der Waals surface area contributed by atoms with E-state index in [2.05, 4.69) is 6.07 Å². The molecule has 0 spiro atoms. The Bertz CT molecular complexity index is 1600. The number of ether oxygens (including phenoxy) is 2. The zero-order chi connectivity index (χ0) is 27.3. The highest BCUT2D eigenvalue weighted by Gasteiger charge is 2.27. The van der Waals surface area contributed by atoms with Crippen molar-refractivity contribution in [1.82, 2.24) is 9.55 Å². The predicted octanol–water partition coefficient (Wildman–Crippen LogP) is 7.00. The Hall–Kier alpha value is -4.84. The van der Waals surface area contributed by atoms with Crippen molar-refractivity contribution in [3.63, 3.8) is 0 Å². The quantitative estimate of drug-likeness (QED) is 0.222. The lowest BCUT2D eigenvalue weighted by Crippen LogP contribution is -2.34. The van der Waals surface area contributed by atoms with Crippen LogP contribution in [0.15, 0.2) is 109 Å². The number of rotatable bonds is 9. The van der Waals surface area contributed by atoms with E-state index in [0.29, 0.717) is 11.8 Å². The number of carboxylic acid groups (broad SMARTS) is 1. The summed E-state index contributed by atoms with van der Waals surface area (Å²) in [6.45, 7) is -0.203. The molecule has 0 bridgehead atoms. The lowest BCUT2D eigenvalue weighted by Gasteiger charge is -2.22. The summed E-state index contributed by atoms with van der Waals surface area (Å²) in [5.74, 6) is -0.465. The minimum absolute atomic E-state index is 0.203. The summed E-state index contributed by atoms with van der Waals surface area (Å²) in [5, 5.41) is 10.1. The van der Waals surface area contributed by atoms with Gasteiger partial charge >= 0.3 is 12.0 Å². The smallest absolute Gasteiger partial charge is 0.348 e. The third-order valence-electron chi connectivity index (χ3n) is 7.22. The van der Waals surface area contributed by atoms with Gasteiger partial charge in [-0.2, -0.15) is 4.98 Å². The number of aryl methyl sites for hydroxylation is 1. The van der Waals surface area contributed by atoms with Crippen LogP contribution in [0.1, 0.15) is 24.0 Å². The molecular formula is C34H30N2O4. The van der Waals surface area contributed by atoms with Gasteiger partial charge < -0.3 is 14.6 Å². The topological polar surface area (TPSA) is 73.6 Å². The van der Waals surface area contributed by atoms with Crippen molar-refractivity contribution in [1.29, 1.82) is 0 Å². The van der Waals surface area contributed by atoms with Gasteiger partial charge in [0.1, 0.15) is 18.1 Å². The van der Waals surface area contributed by atoms with Gasteiger partial charge in [0.25, 0.3) is 0 Å². The van der Waals surface area contributed by atoms with Crippen molar-refractivity contribution < 1.29 is 19.4 Å². The van der Waals surface area contributed by atoms with Crippen LogP contribution in [-0.2, 0) is 17.6 Å². The molecule has 4 aromatic carbocycles. The summed E-state index contributed by atoms with van der Waals surface area (Å²) >= 11 is 0. The number of benzene rings is 4. The van der Waals surface area contributed by atoms with Crippen LogP contribution in [0.5, 0.6) is 11.8 Å². The van der Waals surface area contributed by atoms with Crippen molar-refractivity contribution in [3.05, 3.63) is 120 Å². The molecule has 1 heterocycles. The average Bonchev–Trinajstić information content (AvgIpc) is 3.40. The van der Waals surface area contributed by atoms with Gasteiger partial charge in [-0.05, 0) is 55.0 Å². The molecule has 1 aliphatic rings. The van der Waals surface area contributed by atoms with E-state index in [1.165, 1.54) is 5.56 Å². The van der Waals surface area contributed by atoms with E-state index in [1.807, 2.05) is 108 Å². The van der Waals surface area contributed by atoms with Gasteiger partial charge in [-0.15, -0.1) is 0 Å². The molecule has 0 fully saturated rings. The Kier molecular flexibility index (Phi) is 7.31. The standard InChI is InChI=1S/C34H30N2O4/c37-33(38)30(40-29-22-12-18-24-13-10-11-21-28(24)29)23-39-34-35-31(25-14-4-1-5-15-25)32(26-16-6-2-7-17-26)36(34)27-19-8-3-9-20-27/h1-9,12,14-20,22,30H,10-11,13,21,23H2,(H,37,38). The molecule has 6 heteroatoms. The monoisotopic (exact) mass is 530 g/mol. The minimum atomic E-state index is -1.20. The second-order valence-corrected chi connectivity index (χ2v) is 9.85. The Morgan fingerprint density at radius 3 is 2.15 bits per heavy atom. The van der Waals surface area contributed by atoms with E-state index in [1.54, 1.807) is 0 Å². The number of fused-ring (bicyclic) bond motifs is 1. The molecule has 1 aliphatic carbocycles. The second-order valence-electron chi connectivity index (χ2n) is 9.85. The van der Waals surface area contributed by atoms with Gasteiger partial charge in [0, 0.05) is 11.1 Å². The fourth-order valence-electron chi connectivity index (χ4n) is 5.29. The number of para-hydroxylation sites is 1. The second kappa shape index (κ2) is 11.5. The summed E-state index contributed by atoms with van der Waals surface area (Å²) in [5.41, 5.74) is 6.69. The predicted molar refractivity (Wildman–Crippen MR) is 155 cm³/mol. The maximum absolute atomic E-state index is 12.3. The van der Waals surface area contributed by atoms with Crippen LogP contribution in [0.3, 0.4) is 0 Å². The summed E-state index contributed by atoms with van der Waals surface area (Å²) in [4.78, 5) is 17.3. The Morgan fingerprint density at radius 2 is 1.45 bits per heavy atom. The van der Waals surface area contributed by atoms with Crippen LogP contribution >= 0.6 is 0 Å². The molecule has 0 radical (unpaired) electrons. The number of carboxylic acids is 1. The molecule has 0 amide bonds. The summed E-state index contributed by atoms with van der Waals surface area (Å²) in [7, 11) is 0. The maximum atomic E-state index is 12.3. The van der Waals surface area contributed by atoms with Crippen molar-refractivity contribution in [2.75, 3.05) is 6.61 Å². The van der Waals surface area contributed by atoms with Crippen molar-refractivity contribution >= 4 is 5.97 Å². The Balaban J connectivity index is 1.40. The van der Waals surface area contributed by atoms with Crippen LogP contribution in [0.4, 0.5) is 0 Å². The molecule has 1 aromatic heterocycles. The van der Waals surface area contributed by atoms with Gasteiger partial charge in [0.2, 0.25) is 6.10 Å². The lowest BCUT2D eigenvalue weighted by molar-refractivity contribution is -0.146. The average molecular weight is 531 g/mol. The van der Waals surface area contributed by atoms with Crippen molar-refractivity contribution in [2.24, 2.45) is 0 Å². The molecule has 0 saturated carbocycles. The van der Waals surface area contributed by atoms with Gasteiger partial charge in [-0.1, -0.05) is 91.0 Å². The van der Waals surface area contributed by atoms with Gasteiger partial charge in [0.15, 0.2) is 0 Å². The van der Waals surface area contributed by atoms with E-state index in [4.69, 9.17) is 14.5 Å². The Morgan fingerprint density at radius 1 is 0.800 bits per heavy atom. The molecule has 6 rings (SSSR count). The lowest BCUT2D eigenvalue weighted by atomic mass is 9.91. The normalized spacial score (nSPS) is 13.3. The fraction of sp³-hybridized carbons (Fsp3) is 0.176. The SMILES string of the molecule is O=C(O)C(COc1nc(-c2ccccc2)c(-c2ccccc2)n1-c1ccccc1)Oc1cccc2c1CCCC2. The number of hydrogen-bond donors (Lipinski definition) is 1. The molecule has 200 valence electrons. The van der Waals surface area contributed by atoms with E-state index >= 15 is 0 Å². The number of aliphatic carboxylic acids is 1. The maximum Gasteiger partial charge on any atom is 0.348 e. The number of imidazole rings is 1. The number of hydrogen-bond acceptors (Lipinski definition) is 4. The Labute approximate surface area is 233 Å². The van der Waals surface area contributed by atoms with E-state index in [9.17, 15) is 9.90 Å². The van der Waals surface area contributed by atoms with Crippen molar-refractivity contribution in [2.45, 2.75) is 31.8 Å². The first-order valence-electron chi connectivity index (χ1n) is 13.6. The number of carbonyl (C=O) groups is 1. The van der Waals surface area contributed by atoms with E-state index in [-0.39, 0.29) is 6.61 Å². The first-order chi connectivity index (χ1) is 19.7. The third kappa shape index (κ3) is 5.21. The van der Waals surface area contributed by atoms with Crippen LogP contribution in [0.25, 0.3) is 28.2 Å². The van der Waals surface area contributed by atoms with Gasteiger partial charge in [0.05, 0.1) is 11.4 Å². The summed E-state index contributed by atoms with van der Waals surface area (Å²) in [6, 6.07) is 36.0. The van der Waals surface area contributed by atoms with E-state index < -0.39 is 12.1 Å². The molecule has 6 nitrogen and oxygen atoms in total. The van der Waals surface area contributed by atoms with Gasteiger partial charge in [-0.3, -0.25) is 4.57 Å². The van der Waals surface area contributed by atoms with E-state index in [0.717, 1.165) is 59.4 Å². The van der Waals surface area contributed by atoms with Crippen LogP contribution < -0.4 is 9.47 Å². The molecule has 0 saturated heterocycles. The molecule has 0 aliphatic heterocycles. The highest BCUT2D eigenvalue weighted by atomic mass is 16.6. The zero-order valence-electron chi connectivity index (χ0n) is 22.1. The number of aromatic nitrogens is 2. The summed E-state index contributed by atoms with van der Waals surface area (Å²) < 4.78 is 14.3. The van der Waals surface area contributed by atoms with Crippen LogP contribution in [0.2, 0.25) is 0 Å². The highest BCUT2D eigenvalue weighted by molar-refractivity contribution is 5.81. The first kappa shape index (κ1) is 25.4. The number of nitrogens with zero attached hydrogens (tertiary/aromatic N) is 2. The molecular weight excluding hydrogens is 500 g/mol. The molecule has 1 N–H and O–H groups in total. The van der Waals surface area contributed by atoms with Crippen LogP contribution in [-0.4, -0.2) is 33.3 Å². The van der Waals surface area contributed by atoms with Crippen molar-refractivity contribution in [3.8, 4) is 40.0 Å². The molecule has 40 heavy (non-hydrogen) atoms. The fourth-order valence-corrected chi connectivity index (χ4v) is 5.29. The molecule has 1 unspecified atom stereocenters. The third-order valence-corrected chi connectivity index (χ3v) is 7.22. The minimum Gasteiger partial charge on any atom is -0.478 e. The molecule has 5 aromatic rings. The van der Waals surface area contributed by atoms with Gasteiger partial charge in [-0.25, -0.2) is 4.79 Å². The zero-order valence-corrected chi connectivity index (χ0v) is 22.1.